The summed E-state index contributed by atoms with van der Waals surface area (Å²) in [6.45, 7) is 5.23. The number of carbonyl (C=O) groups is 2. The third-order valence-corrected chi connectivity index (χ3v) is 6.52. The van der Waals surface area contributed by atoms with Crippen LogP contribution < -0.4 is 4.74 Å². The van der Waals surface area contributed by atoms with Gasteiger partial charge in [0, 0.05) is 49.5 Å². The topological polar surface area (TPSA) is 88.8 Å². The predicted octanol–water partition coefficient (Wildman–Crippen LogP) is 3.42. The molecule has 9 heteroatoms. The van der Waals surface area contributed by atoms with Crippen LogP contribution in [0.5, 0.6) is 5.75 Å². The van der Waals surface area contributed by atoms with Crippen molar-refractivity contribution in [1.82, 2.24) is 19.9 Å². The average Bonchev–Trinajstić information content (AvgIpc) is 3.47. The van der Waals surface area contributed by atoms with Crippen LogP contribution in [0.25, 0.3) is 11.4 Å². The van der Waals surface area contributed by atoms with Crippen molar-refractivity contribution < 1.29 is 18.8 Å². The molecule has 32 heavy (non-hydrogen) atoms. The Bertz CT molecular complexity index is 1070. The van der Waals surface area contributed by atoms with Crippen molar-refractivity contribution >= 4 is 23.0 Å². The lowest BCUT2D eigenvalue weighted by molar-refractivity contribution is -0.133. The van der Waals surface area contributed by atoms with Crippen LogP contribution in [0.2, 0.25) is 0 Å². The van der Waals surface area contributed by atoms with Gasteiger partial charge in [0.1, 0.15) is 5.75 Å². The monoisotopic (exact) mass is 454 g/mol. The van der Waals surface area contributed by atoms with Gasteiger partial charge in [-0.3, -0.25) is 14.5 Å². The molecule has 0 bridgehead atoms. The number of carbonyl (C=O) groups excluding carboxylic acids is 2. The number of methoxy groups -OCH3 is 1. The Labute approximate surface area is 190 Å². The number of hydrogen-bond donors (Lipinski definition) is 0. The minimum Gasteiger partial charge on any atom is -0.497 e. The number of piperazine rings is 1. The number of ether oxygens (including phenoxy) is 1. The fourth-order valence-electron chi connectivity index (χ4n) is 3.61. The third-order valence-electron chi connectivity index (χ3n) is 5.48. The van der Waals surface area contributed by atoms with Crippen LogP contribution in [0, 0.1) is 6.92 Å². The van der Waals surface area contributed by atoms with E-state index in [1.807, 2.05) is 48.2 Å². The molecule has 0 spiro atoms. The smallest absolute Gasteiger partial charge is 0.241 e. The largest absolute Gasteiger partial charge is 0.497 e. The summed E-state index contributed by atoms with van der Waals surface area (Å²) in [6, 6.07) is 11.3. The molecule has 1 aromatic carbocycles. The predicted molar refractivity (Wildman–Crippen MR) is 121 cm³/mol. The van der Waals surface area contributed by atoms with Crippen LogP contribution in [-0.4, -0.2) is 64.9 Å². The number of thiophene rings is 1. The summed E-state index contributed by atoms with van der Waals surface area (Å²) in [5, 5.41) is 4.07. The summed E-state index contributed by atoms with van der Waals surface area (Å²) in [7, 11) is 1.63. The van der Waals surface area contributed by atoms with Crippen LogP contribution in [0.3, 0.4) is 0 Å². The molecule has 2 aromatic heterocycles. The second kappa shape index (κ2) is 10.1. The SMILES string of the molecule is COc1ccc(-c2noc(CN3CCN(C(=O)CCC(=O)c4ccc(C)s4)CC3)n2)cc1. The highest BCUT2D eigenvalue weighted by Crippen LogP contribution is 2.21. The van der Waals surface area contributed by atoms with Gasteiger partial charge in [-0.15, -0.1) is 11.3 Å². The first-order valence-corrected chi connectivity index (χ1v) is 11.4. The van der Waals surface area contributed by atoms with Gasteiger partial charge in [-0.1, -0.05) is 5.16 Å². The molecular formula is C23H26N4O4S. The summed E-state index contributed by atoms with van der Waals surface area (Å²) in [6.07, 6.45) is 0.514. The maximum absolute atomic E-state index is 12.5. The normalized spacial score (nSPS) is 14.5. The lowest BCUT2D eigenvalue weighted by atomic mass is 10.1. The van der Waals surface area contributed by atoms with Gasteiger partial charge in [-0.2, -0.15) is 4.98 Å². The molecule has 1 fully saturated rings. The van der Waals surface area contributed by atoms with Gasteiger partial charge in [0.05, 0.1) is 18.5 Å². The Balaban J connectivity index is 1.23. The molecule has 3 aromatic rings. The highest BCUT2D eigenvalue weighted by molar-refractivity contribution is 7.14. The first-order valence-electron chi connectivity index (χ1n) is 10.6. The highest BCUT2D eigenvalue weighted by Gasteiger charge is 2.23. The van der Waals surface area contributed by atoms with Gasteiger partial charge in [0.2, 0.25) is 17.6 Å². The van der Waals surface area contributed by atoms with Crippen LogP contribution in [0.4, 0.5) is 0 Å². The highest BCUT2D eigenvalue weighted by atomic mass is 32.1. The molecule has 0 aliphatic carbocycles. The summed E-state index contributed by atoms with van der Waals surface area (Å²) < 4.78 is 10.6. The Morgan fingerprint density at radius 3 is 2.47 bits per heavy atom. The molecule has 8 nitrogen and oxygen atoms in total. The maximum Gasteiger partial charge on any atom is 0.241 e. The molecule has 0 saturated carbocycles. The van der Waals surface area contributed by atoms with Gasteiger partial charge in [-0.25, -0.2) is 0 Å². The molecule has 1 aliphatic heterocycles. The Morgan fingerprint density at radius 1 is 1.06 bits per heavy atom. The van der Waals surface area contributed by atoms with E-state index in [9.17, 15) is 9.59 Å². The zero-order valence-electron chi connectivity index (χ0n) is 18.2. The Morgan fingerprint density at radius 2 is 1.81 bits per heavy atom. The second-order valence-electron chi connectivity index (χ2n) is 7.73. The van der Waals surface area contributed by atoms with E-state index in [0.717, 1.165) is 34.2 Å². The first kappa shape index (κ1) is 22.2. The van der Waals surface area contributed by atoms with E-state index < -0.39 is 0 Å². The van der Waals surface area contributed by atoms with E-state index in [0.29, 0.717) is 31.3 Å². The standard InChI is InChI=1S/C23H26N4O4S/c1-16-3-9-20(32-16)19(28)8-10-22(29)27-13-11-26(12-14-27)15-21-24-23(25-31-21)17-4-6-18(30-2)7-5-17/h3-7,9H,8,10-15H2,1-2H3. The number of nitrogens with zero attached hydrogens (tertiary/aromatic N) is 4. The minimum atomic E-state index is 0.0332. The fraction of sp³-hybridized carbons (Fsp3) is 0.391. The molecule has 1 amide bonds. The number of aryl methyl sites for hydroxylation is 1. The maximum atomic E-state index is 12.5. The summed E-state index contributed by atoms with van der Waals surface area (Å²) in [4.78, 5) is 35.1. The molecule has 1 aliphatic rings. The first-order chi connectivity index (χ1) is 15.5. The van der Waals surface area contributed by atoms with Gasteiger partial charge in [0.25, 0.3) is 0 Å². The van der Waals surface area contributed by atoms with Crippen molar-refractivity contribution in [2.75, 3.05) is 33.3 Å². The van der Waals surface area contributed by atoms with Crippen molar-refractivity contribution in [3.05, 3.63) is 52.0 Å². The van der Waals surface area contributed by atoms with Crippen LogP contribution in [-0.2, 0) is 11.3 Å². The molecule has 0 radical (unpaired) electrons. The number of rotatable bonds is 8. The average molecular weight is 455 g/mol. The number of aromatic nitrogens is 2. The lowest BCUT2D eigenvalue weighted by Crippen LogP contribution is -2.48. The summed E-state index contributed by atoms with van der Waals surface area (Å²) >= 11 is 1.48. The van der Waals surface area contributed by atoms with E-state index in [1.54, 1.807) is 7.11 Å². The quantitative estimate of drug-likeness (QED) is 0.482. The van der Waals surface area contributed by atoms with Crippen LogP contribution in [0.1, 0.15) is 33.3 Å². The molecule has 0 unspecified atom stereocenters. The lowest BCUT2D eigenvalue weighted by Gasteiger charge is -2.34. The van der Waals surface area contributed by atoms with E-state index >= 15 is 0 Å². The van der Waals surface area contributed by atoms with E-state index in [2.05, 4.69) is 15.0 Å². The Hall–Kier alpha value is -3.04. The Kier molecular flexibility index (Phi) is 6.96. The summed E-state index contributed by atoms with van der Waals surface area (Å²) in [5.74, 6) is 1.94. The van der Waals surface area contributed by atoms with Gasteiger partial charge in [-0.05, 0) is 43.3 Å². The van der Waals surface area contributed by atoms with E-state index in [-0.39, 0.29) is 24.5 Å². The van der Waals surface area contributed by atoms with E-state index in [4.69, 9.17) is 9.26 Å². The molecule has 168 valence electrons. The van der Waals surface area contributed by atoms with Crippen molar-refractivity contribution in [2.45, 2.75) is 26.3 Å². The molecule has 3 heterocycles. The van der Waals surface area contributed by atoms with Crippen LogP contribution >= 0.6 is 11.3 Å². The molecular weight excluding hydrogens is 428 g/mol. The van der Waals surface area contributed by atoms with E-state index in [1.165, 1.54) is 11.3 Å². The summed E-state index contributed by atoms with van der Waals surface area (Å²) in [5.41, 5.74) is 0.864. The zero-order chi connectivity index (χ0) is 22.5. The fourth-order valence-corrected chi connectivity index (χ4v) is 4.44. The number of amides is 1. The van der Waals surface area contributed by atoms with Gasteiger partial charge >= 0.3 is 0 Å². The second-order valence-corrected chi connectivity index (χ2v) is 9.02. The van der Waals surface area contributed by atoms with Crippen molar-refractivity contribution in [1.29, 1.82) is 0 Å². The number of hydrogen-bond acceptors (Lipinski definition) is 8. The zero-order valence-corrected chi connectivity index (χ0v) is 19.1. The van der Waals surface area contributed by atoms with Crippen molar-refractivity contribution in [3.8, 4) is 17.1 Å². The number of ketones is 1. The molecule has 0 atom stereocenters. The van der Waals surface area contributed by atoms with Crippen molar-refractivity contribution in [2.24, 2.45) is 0 Å². The molecule has 0 N–H and O–H groups in total. The van der Waals surface area contributed by atoms with Gasteiger partial charge in [0.15, 0.2) is 5.78 Å². The minimum absolute atomic E-state index is 0.0332. The molecule has 1 saturated heterocycles. The van der Waals surface area contributed by atoms with Gasteiger partial charge < -0.3 is 14.2 Å². The third kappa shape index (κ3) is 5.41. The van der Waals surface area contributed by atoms with Crippen molar-refractivity contribution in [3.63, 3.8) is 0 Å². The van der Waals surface area contributed by atoms with Crippen LogP contribution in [0.15, 0.2) is 40.9 Å². The number of Topliss-reactive ketones (excluding diaryl/α,β-unsaturated/α-hetero) is 1. The molecule has 4 rings (SSSR count). The number of benzene rings is 1.